The van der Waals surface area contributed by atoms with Crippen LogP contribution in [-0.4, -0.2) is 55.9 Å². The molecule has 282 valence electrons. The molecule has 0 aliphatic heterocycles. The highest BCUT2D eigenvalue weighted by molar-refractivity contribution is 5.83. The fourth-order valence-corrected chi connectivity index (χ4v) is 7.46. The molecule has 8 nitrogen and oxygen atoms in total. The first-order valence-corrected chi connectivity index (χ1v) is 18.9. The first kappa shape index (κ1) is 38.8. The normalized spacial score (nSPS) is 15.5. The van der Waals surface area contributed by atoms with Crippen LogP contribution in [0.5, 0.6) is 46.0 Å². The summed E-state index contributed by atoms with van der Waals surface area (Å²) < 4.78 is 47.3. The Morgan fingerprint density at radius 1 is 0.423 bits per heavy atom. The Morgan fingerprint density at radius 2 is 0.769 bits per heavy atom. The number of benzene rings is 3. The van der Waals surface area contributed by atoms with Crippen molar-refractivity contribution in [2.75, 3.05) is 55.9 Å². The molecule has 0 spiro atoms. The van der Waals surface area contributed by atoms with Crippen molar-refractivity contribution in [3.05, 3.63) is 58.7 Å². The van der Waals surface area contributed by atoms with Gasteiger partial charge in [-0.2, -0.15) is 0 Å². The SMILES string of the molecule is COc1cc(OC)c(/C=C/c2cc(OCCC3CCCCC3)c(/C=C/c3c(OC)cc(OC)cc3OC)cc2OCCC2CCCCC2)c(OC)c1. The minimum atomic E-state index is 0.645. The molecule has 0 radical (unpaired) electrons. The fraction of sp³-hybridized carbons (Fsp3) is 0.500. The van der Waals surface area contributed by atoms with Gasteiger partial charge >= 0.3 is 0 Å². The first-order valence-electron chi connectivity index (χ1n) is 18.9. The Labute approximate surface area is 311 Å². The van der Waals surface area contributed by atoms with E-state index in [9.17, 15) is 0 Å². The van der Waals surface area contributed by atoms with Gasteiger partial charge in [-0.3, -0.25) is 0 Å². The van der Waals surface area contributed by atoms with Gasteiger partial charge in [0.15, 0.2) is 0 Å². The molecule has 0 heterocycles. The maximum atomic E-state index is 6.66. The Hall–Kier alpha value is -4.46. The summed E-state index contributed by atoms with van der Waals surface area (Å²) in [5.74, 6) is 6.90. The molecule has 5 rings (SSSR count). The highest BCUT2D eigenvalue weighted by atomic mass is 16.5. The Kier molecular flexibility index (Phi) is 14.9. The second-order valence-corrected chi connectivity index (χ2v) is 13.8. The molecule has 8 heteroatoms. The average molecular weight is 715 g/mol. The third-order valence-corrected chi connectivity index (χ3v) is 10.5. The lowest BCUT2D eigenvalue weighted by atomic mass is 9.87. The molecular weight excluding hydrogens is 656 g/mol. The summed E-state index contributed by atoms with van der Waals surface area (Å²) in [6.07, 6.45) is 23.2. The summed E-state index contributed by atoms with van der Waals surface area (Å²) in [6, 6.07) is 11.6. The van der Waals surface area contributed by atoms with Crippen molar-refractivity contribution in [3.8, 4) is 46.0 Å². The molecule has 0 amide bonds. The van der Waals surface area contributed by atoms with E-state index in [4.69, 9.17) is 37.9 Å². The van der Waals surface area contributed by atoms with Gasteiger partial charge in [-0.1, -0.05) is 76.4 Å². The zero-order chi connectivity index (χ0) is 36.7. The molecule has 2 aliphatic carbocycles. The van der Waals surface area contributed by atoms with Gasteiger partial charge in [0.2, 0.25) is 0 Å². The van der Waals surface area contributed by atoms with Crippen molar-refractivity contribution in [2.24, 2.45) is 11.8 Å². The zero-order valence-corrected chi connectivity index (χ0v) is 32.1. The highest BCUT2D eigenvalue weighted by Crippen LogP contribution is 2.40. The molecule has 3 aromatic rings. The predicted molar refractivity (Wildman–Crippen MR) is 210 cm³/mol. The number of hydrogen-bond donors (Lipinski definition) is 0. The van der Waals surface area contributed by atoms with Crippen LogP contribution in [-0.2, 0) is 0 Å². The Balaban J connectivity index is 1.55. The van der Waals surface area contributed by atoms with E-state index in [2.05, 4.69) is 24.3 Å². The maximum Gasteiger partial charge on any atom is 0.133 e. The van der Waals surface area contributed by atoms with Gasteiger partial charge in [0.05, 0.1) is 67.0 Å². The molecule has 2 saturated carbocycles. The number of ether oxygens (including phenoxy) is 8. The van der Waals surface area contributed by atoms with E-state index in [0.29, 0.717) is 59.5 Å². The van der Waals surface area contributed by atoms with E-state index in [0.717, 1.165) is 46.6 Å². The van der Waals surface area contributed by atoms with Gasteiger partial charge < -0.3 is 37.9 Å². The van der Waals surface area contributed by atoms with Crippen LogP contribution < -0.4 is 37.9 Å². The first-order chi connectivity index (χ1) is 25.5. The molecule has 0 atom stereocenters. The van der Waals surface area contributed by atoms with E-state index in [1.165, 1.54) is 64.2 Å². The quantitative estimate of drug-likeness (QED) is 0.121. The van der Waals surface area contributed by atoms with Gasteiger partial charge in [-0.25, -0.2) is 0 Å². The maximum absolute atomic E-state index is 6.66. The zero-order valence-electron chi connectivity index (χ0n) is 32.1. The fourth-order valence-electron chi connectivity index (χ4n) is 7.46. The molecule has 2 fully saturated rings. The van der Waals surface area contributed by atoms with Gasteiger partial charge in [0.1, 0.15) is 46.0 Å². The van der Waals surface area contributed by atoms with E-state index in [-0.39, 0.29) is 0 Å². The van der Waals surface area contributed by atoms with Crippen LogP contribution >= 0.6 is 0 Å². The number of rotatable bonds is 18. The van der Waals surface area contributed by atoms with E-state index < -0.39 is 0 Å². The van der Waals surface area contributed by atoms with Gasteiger partial charge in [-0.05, 0) is 49.0 Å². The summed E-state index contributed by atoms with van der Waals surface area (Å²) >= 11 is 0. The average Bonchev–Trinajstić information content (AvgIpc) is 3.19. The number of hydrogen-bond acceptors (Lipinski definition) is 8. The van der Waals surface area contributed by atoms with Crippen LogP contribution in [0.1, 0.15) is 99.3 Å². The molecular formula is C44H58O8. The van der Waals surface area contributed by atoms with Crippen molar-refractivity contribution >= 4 is 24.3 Å². The van der Waals surface area contributed by atoms with Gasteiger partial charge in [0.25, 0.3) is 0 Å². The lowest BCUT2D eigenvalue weighted by molar-refractivity contribution is 0.241. The molecule has 3 aromatic carbocycles. The Morgan fingerprint density at radius 3 is 1.08 bits per heavy atom. The minimum absolute atomic E-state index is 0.645. The lowest BCUT2D eigenvalue weighted by Crippen LogP contribution is -2.12. The summed E-state index contributed by atoms with van der Waals surface area (Å²) in [6.45, 7) is 1.29. The topological polar surface area (TPSA) is 73.8 Å². The van der Waals surface area contributed by atoms with Crippen LogP contribution in [0.2, 0.25) is 0 Å². The third-order valence-electron chi connectivity index (χ3n) is 10.5. The van der Waals surface area contributed by atoms with Crippen molar-refractivity contribution in [3.63, 3.8) is 0 Å². The summed E-state index contributed by atoms with van der Waals surface area (Å²) in [5.41, 5.74) is 3.43. The molecule has 0 unspecified atom stereocenters. The third kappa shape index (κ3) is 10.3. The molecule has 2 aliphatic rings. The monoisotopic (exact) mass is 714 g/mol. The molecule has 0 aromatic heterocycles. The molecule has 0 N–H and O–H groups in total. The van der Waals surface area contributed by atoms with Crippen LogP contribution in [0.4, 0.5) is 0 Å². The van der Waals surface area contributed by atoms with Crippen molar-refractivity contribution in [1.29, 1.82) is 0 Å². The lowest BCUT2D eigenvalue weighted by Gasteiger charge is -2.23. The van der Waals surface area contributed by atoms with Crippen molar-refractivity contribution in [2.45, 2.75) is 77.0 Å². The molecule has 52 heavy (non-hydrogen) atoms. The molecule has 0 bridgehead atoms. The van der Waals surface area contributed by atoms with Crippen LogP contribution in [0.15, 0.2) is 36.4 Å². The van der Waals surface area contributed by atoms with Crippen molar-refractivity contribution < 1.29 is 37.9 Å². The van der Waals surface area contributed by atoms with Crippen LogP contribution in [0.25, 0.3) is 24.3 Å². The van der Waals surface area contributed by atoms with E-state index in [1.807, 2.05) is 36.4 Å². The standard InChI is InChI=1S/C44H58O8/c1-45-35-27-41(47-3)37(42(28-35)48-4)19-17-33-25-40(52-24-22-32-15-11-8-12-16-32)34(26-39(33)51-23-21-31-13-9-7-10-14-31)18-20-38-43(49-5)29-36(46-2)30-44(38)50-6/h17-20,25-32H,7-16,21-24H2,1-6H3/b19-17+,20-18+. The predicted octanol–water partition coefficient (Wildman–Crippen LogP) is 10.8. The minimum Gasteiger partial charge on any atom is -0.496 e. The largest absolute Gasteiger partial charge is 0.496 e. The Bertz CT molecular complexity index is 1460. The van der Waals surface area contributed by atoms with Crippen LogP contribution in [0, 0.1) is 11.8 Å². The molecule has 0 saturated heterocycles. The van der Waals surface area contributed by atoms with Gasteiger partial charge in [-0.15, -0.1) is 0 Å². The summed E-state index contributed by atoms with van der Waals surface area (Å²) in [4.78, 5) is 0. The number of methoxy groups -OCH3 is 6. The summed E-state index contributed by atoms with van der Waals surface area (Å²) in [5, 5.41) is 0. The van der Waals surface area contributed by atoms with E-state index >= 15 is 0 Å². The van der Waals surface area contributed by atoms with E-state index in [1.54, 1.807) is 42.7 Å². The van der Waals surface area contributed by atoms with Gasteiger partial charge in [0, 0.05) is 35.4 Å². The summed E-state index contributed by atoms with van der Waals surface area (Å²) in [7, 11) is 9.87. The highest BCUT2D eigenvalue weighted by Gasteiger charge is 2.18. The second-order valence-electron chi connectivity index (χ2n) is 13.8. The second kappa shape index (κ2) is 20.0. The van der Waals surface area contributed by atoms with Crippen LogP contribution in [0.3, 0.4) is 0 Å². The smallest absolute Gasteiger partial charge is 0.133 e. The van der Waals surface area contributed by atoms with Crippen molar-refractivity contribution in [1.82, 2.24) is 0 Å².